The monoisotopic (exact) mass is 343 g/mol. The van der Waals surface area contributed by atoms with E-state index in [2.05, 4.69) is 9.71 Å². The lowest BCUT2D eigenvalue weighted by Crippen LogP contribution is -2.23. The van der Waals surface area contributed by atoms with Crippen LogP contribution in [-0.2, 0) is 16.6 Å². The predicted molar refractivity (Wildman–Crippen MR) is 88.9 cm³/mol. The van der Waals surface area contributed by atoms with Crippen molar-refractivity contribution < 1.29 is 13.3 Å². The molecule has 7 nitrogen and oxygen atoms in total. The van der Waals surface area contributed by atoms with Gasteiger partial charge in [0.2, 0.25) is 10.0 Å². The van der Waals surface area contributed by atoms with Crippen LogP contribution in [0, 0.1) is 10.1 Å². The second-order valence-corrected chi connectivity index (χ2v) is 6.84. The van der Waals surface area contributed by atoms with Crippen LogP contribution in [0.25, 0.3) is 10.9 Å². The number of nitrogens with zero attached hydrogens (tertiary/aromatic N) is 2. The molecule has 0 atom stereocenters. The number of benzene rings is 2. The van der Waals surface area contributed by atoms with E-state index in [-0.39, 0.29) is 17.1 Å². The highest BCUT2D eigenvalue weighted by molar-refractivity contribution is 7.89. The smallest absolute Gasteiger partial charge is 0.258 e. The number of pyridine rings is 1. The number of para-hydroxylation sites is 1. The van der Waals surface area contributed by atoms with Gasteiger partial charge in [-0.2, -0.15) is 0 Å². The lowest BCUT2D eigenvalue weighted by molar-refractivity contribution is -0.385. The van der Waals surface area contributed by atoms with Crippen LogP contribution in [0.1, 0.15) is 5.69 Å². The molecular formula is C16H13N3O4S. The van der Waals surface area contributed by atoms with Crippen molar-refractivity contribution in [3.05, 3.63) is 76.5 Å². The van der Waals surface area contributed by atoms with E-state index in [4.69, 9.17) is 0 Å². The number of aromatic nitrogens is 1. The van der Waals surface area contributed by atoms with E-state index in [0.717, 1.165) is 17.0 Å². The SMILES string of the molecule is O=[N+]([O-])c1cccc(S(=O)(=O)NCc2ccc3ccccc3n2)c1. The van der Waals surface area contributed by atoms with Crippen LogP contribution in [-0.4, -0.2) is 18.3 Å². The molecule has 1 N–H and O–H groups in total. The number of hydrogen-bond donors (Lipinski definition) is 1. The zero-order valence-electron chi connectivity index (χ0n) is 12.4. The maximum Gasteiger partial charge on any atom is 0.270 e. The Morgan fingerprint density at radius 2 is 1.83 bits per heavy atom. The van der Waals surface area contributed by atoms with Crippen molar-refractivity contribution in [1.82, 2.24) is 9.71 Å². The first-order valence-electron chi connectivity index (χ1n) is 7.04. The van der Waals surface area contributed by atoms with Gasteiger partial charge in [0, 0.05) is 17.5 Å². The van der Waals surface area contributed by atoms with Crippen molar-refractivity contribution in [3.63, 3.8) is 0 Å². The summed E-state index contributed by atoms with van der Waals surface area (Å²) >= 11 is 0. The molecule has 0 saturated heterocycles. The van der Waals surface area contributed by atoms with Gasteiger partial charge in [-0.15, -0.1) is 0 Å². The molecule has 2 aromatic carbocycles. The molecule has 0 spiro atoms. The van der Waals surface area contributed by atoms with Gasteiger partial charge in [0.25, 0.3) is 5.69 Å². The third-order valence-corrected chi connectivity index (χ3v) is 4.84. The molecule has 1 aromatic heterocycles. The van der Waals surface area contributed by atoms with Gasteiger partial charge in [-0.25, -0.2) is 13.1 Å². The number of nitro benzene ring substituents is 1. The molecular weight excluding hydrogens is 330 g/mol. The number of non-ortho nitro benzene ring substituents is 1. The molecule has 122 valence electrons. The summed E-state index contributed by atoms with van der Waals surface area (Å²) < 4.78 is 27.0. The lowest BCUT2D eigenvalue weighted by atomic mass is 10.2. The quantitative estimate of drug-likeness (QED) is 0.567. The molecule has 1 heterocycles. The molecule has 0 radical (unpaired) electrons. The first-order valence-corrected chi connectivity index (χ1v) is 8.53. The van der Waals surface area contributed by atoms with Crippen LogP contribution in [0.3, 0.4) is 0 Å². The van der Waals surface area contributed by atoms with E-state index in [0.29, 0.717) is 5.69 Å². The Morgan fingerprint density at radius 1 is 1.04 bits per heavy atom. The Hall–Kier alpha value is -2.84. The second-order valence-electron chi connectivity index (χ2n) is 5.07. The van der Waals surface area contributed by atoms with Crippen molar-refractivity contribution in [2.75, 3.05) is 0 Å². The van der Waals surface area contributed by atoms with Crippen molar-refractivity contribution in [3.8, 4) is 0 Å². The van der Waals surface area contributed by atoms with Crippen LogP contribution in [0.2, 0.25) is 0 Å². The average Bonchev–Trinajstić information content (AvgIpc) is 2.60. The van der Waals surface area contributed by atoms with Crippen LogP contribution in [0.4, 0.5) is 5.69 Å². The summed E-state index contributed by atoms with van der Waals surface area (Å²) in [6, 6.07) is 16.0. The number of fused-ring (bicyclic) bond motifs is 1. The zero-order valence-corrected chi connectivity index (χ0v) is 13.2. The first-order chi connectivity index (χ1) is 11.5. The number of rotatable bonds is 5. The minimum absolute atomic E-state index is 0.00411. The summed E-state index contributed by atoms with van der Waals surface area (Å²) in [6.07, 6.45) is 0. The summed E-state index contributed by atoms with van der Waals surface area (Å²) in [6.45, 7) is -0.00411. The number of sulfonamides is 1. The first kappa shape index (κ1) is 16.0. The van der Waals surface area contributed by atoms with Crippen LogP contribution < -0.4 is 4.72 Å². The van der Waals surface area contributed by atoms with Crippen molar-refractivity contribution in [1.29, 1.82) is 0 Å². The number of hydrogen-bond acceptors (Lipinski definition) is 5. The van der Waals surface area contributed by atoms with E-state index in [9.17, 15) is 18.5 Å². The molecule has 24 heavy (non-hydrogen) atoms. The van der Waals surface area contributed by atoms with Crippen LogP contribution >= 0.6 is 0 Å². The Morgan fingerprint density at radius 3 is 2.62 bits per heavy atom. The van der Waals surface area contributed by atoms with Crippen molar-refractivity contribution in [2.24, 2.45) is 0 Å². The van der Waals surface area contributed by atoms with Gasteiger partial charge >= 0.3 is 0 Å². The molecule has 0 amide bonds. The standard InChI is InChI=1S/C16H13N3O4S/c20-19(21)14-5-3-6-15(10-14)24(22,23)17-11-13-9-8-12-4-1-2-7-16(12)18-13/h1-10,17H,11H2. The van der Waals surface area contributed by atoms with Gasteiger partial charge in [0.1, 0.15) is 0 Å². The van der Waals surface area contributed by atoms with Gasteiger partial charge in [0.05, 0.1) is 27.6 Å². The largest absolute Gasteiger partial charge is 0.270 e. The molecule has 8 heteroatoms. The average molecular weight is 343 g/mol. The lowest BCUT2D eigenvalue weighted by Gasteiger charge is -2.07. The minimum Gasteiger partial charge on any atom is -0.258 e. The summed E-state index contributed by atoms with van der Waals surface area (Å²) in [4.78, 5) is 14.4. The van der Waals surface area contributed by atoms with Gasteiger partial charge in [0.15, 0.2) is 0 Å². The Kier molecular flexibility index (Phi) is 4.24. The number of nitro groups is 1. The molecule has 0 aliphatic carbocycles. The molecule has 0 fully saturated rings. The second kappa shape index (κ2) is 6.34. The van der Waals surface area contributed by atoms with Gasteiger partial charge in [-0.05, 0) is 18.2 Å². The van der Waals surface area contributed by atoms with Crippen LogP contribution in [0.15, 0.2) is 65.6 Å². The molecule has 0 unspecified atom stereocenters. The topological polar surface area (TPSA) is 102 Å². The van der Waals surface area contributed by atoms with Crippen molar-refractivity contribution >= 4 is 26.6 Å². The fourth-order valence-electron chi connectivity index (χ4n) is 2.22. The third-order valence-electron chi connectivity index (χ3n) is 3.44. The van der Waals surface area contributed by atoms with E-state index in [1.165, 1.54) is 18.2 Å². The Labute approximate surface area is 138 Å². The van der Waals surface area contributed by atoms with Gasteiger partial charge in [-0.3, -0.25) is 15.1 Å². The highest BCUT2D eigenvalue weighted by Gasteiger charge is 2.17. The van der Waals surface area contributed by atoms with E-state index >= 15 is 0 Å². The molecule has 0 aliphatic rings. The van der Waals surface area contributed by atoms with Gasteiger partial charge < -0.3 is 0 Å². The number of nitrogens with one attached hydrogen (secondary N) is 1. The fraction of sp³-hybridized carbons (Fsp3) is 0.0625. The third kappa shape index (κ3) is 3.39. The zero-order chi connectivity index (χ0) is 17.2. The van der Waals surface area contributed by atoms with E-state index < -0.39 is 14.9 Å². The Bertz CT molecular complexity index is 1020. The minimum atomic E-state index is -3.86. The van der Waals surface area contributed by atoms with E-state index in [1.807, 2.05) is 30.3 Å². The highest BCUT2D eigenvalue weighted by Crippen LogP contribution is 2.18. The normalized spacial score (nSPS) is 11.5. The van der Waals surface area contributed by atoms with Crippen LogP contribution in [0.5, 0.6) is 0 Å². The highest BCUT2D eigenvalue weighted by atomic mass is 32.2. The summed E-state index contributed by atoms with van der Waals surface area (Å²) in [5.74, 6) is 0. The Balaban J connectivity index is 1.81. The predicted octanol–water partition coefficient (Wildman–Crippen LogP) is 2.62. The summed E-state index contributed by atoms with van der Waals surface area (Å²) in [7, 11) is -3.86. The maximum atomic E-state index is 12.3. The maximum absolute atomic E-state index is 12.3. The fourth-order valence-corrected chi connectivity index (χ4v) is 3.26. The molecule has 3 aromatic rings. The summed E-state index contributed by atoms with van der Waals surface area (Å²) in [5, 5.41) is 11.7. The van der Waals surface area contributed by atoms with Gasteiger partial charge in [-0.1, -0.05) is 30.3 Å². The van der Waals surface area contributed by atoms with Crippen molar-refractivity contribution in [2.45, 2.75) is 11.4 Å². The molecule has 0 saturated carbocycles. The molecule has 3 rings (SSSR count). The molecule has 0 aliphatic heterocycles. The summed E-state index contributed by atoms with van der Waals surface area (Å²) in [5.41, 5.74) is 1.05. The molecule has 0 bridgehead atoms. The van der Waals surface area contributed by atoms with E-state index in [1.54, 1.807) is 6.07 Å².